The van der Waals surface area contributed by atoms with Gasteiger partial charge in [0, 0.05) is 30.1 Å². The fourth-order valence-electron chi connectivity index (χ4n) is 2.73. The summed E-state index contributed by atoms with van der Waals surface area (Å²) in [7, 11) is 1.83. The summed E-state index contributed by atoms with van der Waals surface area (Å²) in [4.78, 5) is 4.32. The SMILES string of the molecule is CN=C(NC1CC=CC1)NC1CC1c1cccc(Cl)c1. The molecule has 1 aromatic rings. The number of nitrogens with zero attached hydrogens (tertiary/aromatic N) is 1. The molecule has 2 N–H and O–H groups in total. The predicted octanol–water partition coefficient (Wildman–Crippen LogP) is 3.08. The predicted molar refractivity (Wildman–Crippen MR) is 84.4 cm³/mol. The molecule has 2 aliphatic carbocycles. The Hall–Kier alpha value is -1.48. The van der Waals surface area contributed by atoms with Gasteiger partial charge in [-0.3, -0.25) is 4.99 Å². The van der Waals surface area contributed by atoms with Crippen LogP contribution in [-0.4, -0.2) is 25.1 Å². The lowest BCUT2D eigenvalue weighted by Crippen LogP contribution is -2.43. The van der Waals surface area contributed by atoms with Gasteiger partial charge < -0.3 is 10.6 Å². The van der Waals surface area contributed by atoms with E-state index >= 15 is 0 Å². The lowest BCUT2D eigenvalue weighted by atomic mass is 10.1. The molecule has 2 unspecified atom stereocenters. The highest BCUT2D eigenvalue weighted by molar-refractivity contribution is 6.30. The maximum atomic E-state index is 6.05. The maximum Gasteiger partial charge on any atom is 0.191 e. The highest BCUT2D eigenvalue weighted by Crippen LogP contribution is 2.41. The summed E-state index contributed by atoms with van der Waals surface area (Å²) >= 11 is 6.05. The minimum Gasteiger partial charge on any atom is -0.353 e. The zero-order chi connectivity index (χ0) is 13.9. The van der Waals surface area contributed by atoms with Crippen LogP contribution in [0.4, 0.5) is 0 Å². The van der Waals surface area contributed by atoms with E-state index in [4.69, 9.17) is 11.6 Å². The van der Waals surface area contributed by atoms with Gasteiger partial charge in [0.05, 0.1) is 0 Å². The summed E-state index contributed by atoms with van der Waals surface area (Å²) in [5.74, 6) is 1.46. The van der Waals surface area contributed by atoms with Crippen LogP contribution in [0, 0.1) is 0 Å². The van der Waals surface area contributed by atoms with Gasteiger partial charge in [-0.1, -0.05) is 35.9 Å². The second-order valence-electron chi connectivity index (χ2n) is 5.50. The third-order valence-corrected chi connectivity index (χ3v) is 4.20. The van der Waals surface area contributed by atoms with E-state index in [-0.39, 0.29) is 0 Å². The minimum absolute atomic E-state index is 0.467. The average Bonchev–Trinajstić information content (AvgIpc) is 3.02. The van der Waals surface area contributed by atoms with Crippen molar-refractivity contribution in [1.29, 1.82) is 0 Å². The molecule has 3 nitrogen and oxygen atoms in total. The smallest absolute Gasteiger partial charge is 0.191 e. The first-order valence-corrected chi connectivity index (χ1v) is 7.54. The van der Waals surface area contributed by atoms with E-state index in [9.17, 15) is 0 Å². The third kappa shape index (κ3) is 3.15. The molecule has 0 amide bonds. The van der Waals surface area contributed by atoms with Crippen LogP contribution in [0.25, 0.3) is 0 Å². The van der Waals surface area contributed by atoms with Crippen LogP contribution in [0.3, 0.4) is 0 Å². The third-order valence-electron chi connectivity index (χ3n) is 3.96. The van der Waals surface area contributed by atoms with Crippen LogP contribution in [-0.2, 0) is 0 Å². The topological polar surface area (TPSA) is 36.4 Å². The summed E-state index contributed by atoms with van der Waals surface area (Å²) < 4.78 is 0. The Morgan fingerprint density at radius 2 is 2.05 bits per heavy atom. The quantitative estimate of drug-likeness (QED) is 0.510. The van der Waals surface area contributed by atoms with Crippen molar-refractivity contribution in [3.8, 4) is 0 Å². The molecule has 2 atom stereocenters. The van der Waals surface area contributed by atoms with Gasteiger partial charge in [-0.05, 0) is 37.0 Å². The first-order valence-electron chi connectivity index (χ1n) is 7.16. The Morgan fingerprint density at radius 3 is 2.75 bits per heavy atom. The van der Waals surface area contributed by atoms with Crippen molar-refractivity contribution in [2.24, 2.45) is 4.99 Å². The maximum absolute atomic E-state index is 6.05. The molecule has 3 rings (SSSR count). The zero-order valence-corrected chi connectivity index (χ0v) is 12.4. The van der Waals surface area contributed by atoms with Crippen molar-refractivity contribution < 1.29 is 0 Å². The molecular formula is C16H20ClN3. The molecule has 1 saturated carbocycles. The fourth-order valence-corrected chi connectivity index (χ4v) is 2.93. The van der Waals surface area contributed by atoms with Gasteiger partial charge in [-0.25, -0.2) is 0 Å². The van der Waals surface area contributed by atoms with Crippen LogP contribution in [0.15, 0.2) is 41.4 Å². The van der Waals surface area contributed by atoms with Gasteiger partial charge in [-0.2, -0.15) is 0 Å². The van der Waals surface area contributed by atoms with E-state index in [1.165, 1.54) is 5.56 Å². The normalized spacial score (nSPS) is 25.8. The van der Waals surface area contributed by atoms with Crippen molar-refractivity contribution in [3.63, 3.8) is 0 Å². The van der Waals surface area contributed by atoms with E-state index in [1.54, 1.807) is 0 Å². The van der Waals surface area contributed by atoms with Crippen molar-refractivity contribution >= 4 is 17.6 Å². The van der Waals surface area contributed by atoms with Crippen LogP contribution < -0.4 is 10.6 Å². The molecule has 0 aliphatic heterocycles. The molecule has 0 saturated heterocycles. The van der Waals surface area contributed by atoms with E-state index in [1.807, 2.05) is 19.2 Å². The van der Waals surface area contributed by atoms with E-state index in [2.05, 4.69) is 39.9 Å². The van der Waals surface area contributed by atoms with Crippen LogP contribution in [0.2, 0.25) is 5.02 Å². The minimum atomic E-state index is 0.467. The van der Waals surface area contributed by atoms with Gasteiger partial charge >= 0.3 is 0 Å². The average molecular weight is 290 g/mol. The van der Waals surface area contributed by atoms with Gasteiger partial charge in [0.1, 0.15) is 0 Å². The highest BCUT2D eigenvalue weighted by atomic mass is 35.5. The fraction of sp³-hybridized carbons (Fsp3) is 0.438. The number of rotatable bonds is 3. The molecule has 4 heteroatoms. The summed E-state index contributed by atoms with van der Waals surface area (Å²) in [5.41, 5.74) is 1.31. The first kappa shape index (κ1) is 13.5. The van der Waals surface area contributed by atoms with Crippen LogP contribution in [0.1, 0.15) is 30.7 Å². The largest absolute Gasteiger partial charge is 0.353 e. The number of halogens is 1. The first-order chi connectivity index (χ1) is 9.76. The van der Waals surface area contributed by atoms with Gasteiger partial charge in [0.2, 0.25) is 0 Å². The van der Waals surface area contributed by atoms with Gasteiger partial charge in [0.15, 0.2) is 5.96 Å². The molecule has 106 valence electrons. The standard InChI is InChI=1S/C16H20ClN3/c1-18-16(19-13-7-2-3-8-13)20-15-10-14(15)11-5-4-6-12(17)9-11/h2-6,9,13-15H,7-8,10H2,1H3,(H2,18,19,20). The van der Waals surface area contributed by atoms with E-state index in [0.29, 0.717) is 18.0 Å². The molecule has 1 aromatic carbocycles. The Kier molecular flexibility index (Phi) is 3.97. The monoisotopic (exact) mass is 289 g/mol. The Labute approximate surface area is 125 Å². The number of benzene rings is 1. The van der Waals surface area contributed by atoms with Crippen LogP contribution >= 0.6 is 11.6 Å². The van der Waals surface area contributed by atoms with E-state index < -0.39 is 0 Å². The molecule has 0 bridgehead atoms. The van der Waals surface area contributed by atoms with Crippen molar-refractivity contribution in [3.05, 3.63) is 47.0 Å². The molecule has 0 aromatic heterocycles. The lowest BCUT2D eigenvalue weighted by molar-refractivity contribution is 0.631. The summed E-state index contributed by atoms with van der Waals surface area (Å²) in [5, 5.41) is 7.79. The van der Waals surface area contributed by atoms with Crippen molar-refractivity contribution in [1.82, 2.24) is 10.6 Å². The lowest BCUT2D eigenvalue weighted by Gasteiger charge is -2.17. The molecule has 0 radical (unpaired) electrons. The molecule has 0 spiro atoms. The number of hydrogen-bond acceptors (Lipinski definition) is 1. The van der Waals surface area contributed by atoms with Gasteiger partial charge in [-0.15, -0.1) is 0 Å². The van der Waals surface area contributed by atoms with Crippen molar-refractivity contribution in [2.45, 2.75) is 37.3 Å². The number of guanidine groups is 1. The number of aliphatic imine (C=N–C) groups is 1. The molecule has 2 aliphatic rings. The highest BCUT2D eigenvalue weighted by Gasteiger charge is 2.39. The van der Waals surface area contributed by atoms with E-state index in [0.717, 1.165) is 30.2 Å². The summed E-state index contributed by atoms with van der Waals surface area (Å²) in [6.45, 7) is 0. The Bertz CT molecular complexity index is 530. The second kappa shape index (κ2) is 5.88. The van der Waals surface area contributed by atoms with Crippen molar-refractivity contribution in [2.75, 3.05) is 7.05 Å². The second-order valence-corrected chi connectivity index (χ2v) is 5.94. The summed E-state index contributed by atoms with van der Waals surface area (Å²) in [6, 6.07) is 9.10. The molecule has 1 fully saturated rings. The Balaban J connectivity index is 1.54. The summed E-state index contributed by atoms with van der Waals surface area (Å²) in [6.07, 6.45) is 7.75. The molecule has 0 heterocycles. The van der Waals surface area contributed by atoms with Gasteiger partial charge in [0.25, 0.3) is 0 Å². The molecular weight excluding hydrogens is 270 g/mol. The number of nitrogens with one attached hydrogen (secondary N) is 2. The zero-order valence-electron chi connectivity index (χ0n) is 11.6. The Morgan fingerprint density at radius 1 is 1.25 bits per heavy atom. The number of hydrogen-bond donors (Lipinski definition) is 2. The van der Waals surface area contributed by atoms with Crippen LogP contribution in [0.5, 0.6) is 0 Å². The molecule has 20 heavy (non-hydrogen) atoms.